The maximum atomic E-state index is 13.2. The van der Waals surface area contributed by atoms with Gasteiger partial charge in [-0.2, -0.15) is 0 Å². The lowest BCUT2D eigenvalue weighted by molar-refractivity contribution is 0.0176. The second kappa shape index (κ2) is 5.63. The Kier molecular flexibility index (Phi) is 4.45. The van der Waals surface area contributed by atoms with Crippen molar-refractivity contribution in [3.63, 3.8) is 0 Å². The number of aliphatic hydroxyl groups is 1. The maximum Gasteiger partial charge on any atom is 0.193 e. The van der Waals surface area contributed by atoms with Crippen molar-refractivity contribution < 1.29 is 23.4 Å². The average molecular weight is 218 g/mol. The Balaban J connectivity index is 2.79. The van der Waals surface area contributed by atoms with Gasteiger partial charge in [0.2, 0.25) is 0 Å². The van der Waals surface area contributed by atoms with Gasteiger partial charge in [0.25, 0.3) is 0 Å². The minimum atomic E-state index is -0.848. The molecule has 0 aliphatic rings. The van der Waals surface area contributed by atoms with Gasteiger partial charge in [-0.3, -0.25) is 0 Å². The molecule has 1 aromatic rings. The Bertz CT molecular complexity index is 305. The molecule has 5 heteroatoms. The van der Waals surface area contributed by atoms with Gasteiger partial charge in [0.15, 0.2) is 24.2 Å². The minimum absolute atomic E-state index is 0.161. The molecule has 15 heavy (non-hydrogen) atoms. The van der Waals surface area contributed by atoms with Gasteiger partial charge in [-0.05, 0) is 24.6 Å². The van der Waals surface area contributed by atoms with Crippen LogP contribution in [0.15, 0.2) is 12.1 Å². The SMILES string of the molecule is CCOCOc1c(F)cc(CO)cc1F. The molecule has 0 aliphatic heterocycles. The van der Waals surface area contributed by atoms with E-state index in [9.17, 15) is 8.78 Å². The lowest BCUT2D eigenvalue weighted by Gasteiger charge is -2.08. The number of benzene rings is 1. The van der Waals surface area contributed by atoms with Crippen LogP contribution in [-0.4, -0.2) is 18.5 Å². The van der Waals surface area contributed by atoms with Crippen LogP contribution >= 0.6 is 0 Å². The highest BCUT2D eigenvalue weighted by atomic mass is 19.1. The fraction of sp³-hybridized carbons (Fsp3) is 0.400. The van der Waals surface area contributed by atoms with E-state index in [4.69, 9.17) is 14.6 Å². The van der Waals surface area contributed by atoms with E-state index in [1.807, 2.05) is 0 Å². The molecule has 0 aromatic heterocycles. The Morgan fingerprint density at radius 3 is 2.33 bits per heavy atom. The summed E-state index contributed by atoms with van der Waals surface area (Å²) in [6.45, 7) is 1.52. The van der Waals surface area contributed by atoms with Crippen LogP contribution in [-0.2, 0) is 11.3 Å². The first kappa shape index (κ1) is 11.9. The number of aliphatic hydroxyl groups excluding tert-OH is 1. The van der Waals surface area contributed by atoms with Crippen molar-refractivity contribution in [1.29, 1.82) is 0 Å². The smallest absolute Gasteiger partial charge is 0.193 e. The third-order valence-electron chi connectivity index (χ3n) is 1.73. The Hall–Kier alpha value is -1.20. The summed E-state index contributed by atoms with van der Waals surface area (Å²) < 4.78 is 35.9. The van der Waals surface area contributed by atoms with Crippen LogP contribution in [0.25, 0.3) is 0 Å². The van der Waals surface area contributed by atoms with E-state index in [1.165, 1.54) is 0 Å². The monoisotopic (exact) mass is 218 g/mol. The van der Waals surface area contributed by atoms with Gasteiger partial charge in [0, 0.05) is 6.61 Å². The zero-order valence-corrected chi connectivity index (χ0v) is 8.30. The Morgan fingerprint density at radius 1 is 1.27 bits per heavy atom. The van der Waals surface area contributed by atoms with E-state index in [1.54, 1.807) is 6.92 Å². The lowest BCUT2D eigenvalue weighted by Crippen LogP contribution is -2.05. The first-order valence-corrected chi connectivity index (χ1v) is 4.48. The van der Waals surface area contributed by atoms with Crippen LogP contribution in [0.1, 0.15) is 12.5 Å². The molecule has 0 heterocycles. The molecule has 0 aliphatic carbocycles. The molecule has 0 bridgehead atoms. The average Bonchev–Trinajstić information content (AvgIpc) is 2.22. The predicted molar refractivity (Wildman–Crippen MR) is 49.4 cm³/mol. The van der Waals surface area contributed by atoms with Gasteiger partial charge in [0.05, 0.1) is 6.61 Å². The summed E-state index contributed by atoms with van der Waals surface area (Å²) in [5.41, 5.74) is 0.161. The molecule has 0 fully saturated rings. The molecule has 1 rings (SSSR count). The first-order chi connectivity index (χ1) is 7.19. The van der Waals surface area contributed by atoms with Crippen molar-refractivity contribution in [1.82, 2.24) is 0 Å². The number of rotatable bonds is 5. The summed E-state index contributed by atoms with van der Waals surface area (Å²) in [5.74, 6) is -2.18. The van der Waals surface area contributed by atoms with Crippen LogP contribution in [0.5, 0.6) is 5.75 Å². The third kappa shape index (κ3) is 3.14. The van der Waals surface area contributed by atoms with E-state index in [0.29, 0.717) is 6.61 Å². The second-order valence-electron chi connectivity index (χ2n) is 2.80. The molecule has 84 valence electrons. The van der Waals surface area contributed by atoms with Gasteiger partial charge in [0.1, 0.15) is 0 Å². The third-order valence-corrected chi connectivity index (χ3v) is 1.73. The molecule has 0 spiro atoms. The van der Waals surface area contributed by atoms with Crippen LogP contribution in [0.3, 0.4) is 0 Å². The zero-order valence-electron chi connectivity index (χ0n) is 8.30. The molecule has 0 amide bonds. The van der Waals surface area contributed by atoms with Crippen LogP contribution in [0.4, 0.5) is 8.78 Å². The van der Waals surface area contributed by atoms with E-state index >= 15 is 0 Å². The molecule has 3 nitrogen and oxygen atoms in total. The van der Waals surface area contributed by atoms with Crippen LogP contribution in [0, 0.1) is 11.6 Å². The van der Waals surface area contributed by atoms with Gasteiger partial charge < -0.3 is 14.6 Å². The van der Waals surface area contributed by atoms with Gasteiger partial charge in [-0.15, -0.1) is 0 Å². The van der Waals surface area contributed by atoms with E-state index < -0.39 is 24.0 Å². The van der Waals surface area contributed by atoms with Gasteiger partial charge in [-0.25, -0.2) is 8.78 Å². The second-order valence-corrected chi connectivity index (χ2v) is 2.80. The van der Waals surface area contributed by atoms with Crippen LogP contribution < -0.4 is 4.74 Å². The molecule has 1 N–H and O–H groups in total. The minimum Gasteiger partial charge on any atom is -0.461 e. The zero-order chi connectivity index (χ0) is 11.3. The highest BCUT2D eigenvalue weighted by Crippen LogP contribution is 2.23. The largest absolute Gasteiger partial charge is 0.461 e. The molecule has 1 aromatic carbocycles. The normalized spacial score (nSPS) is 10.4. The number of hydrogen-bond acceptors (Lipinski definition) is 3. The maximum absolute atomic E-state index is 13.2. The summed E-state index contributed by atoms with van der Waals surface area (Å²) in [6.07, 6.45) is 0. The highest BCUT2D eigenvalue weighted by Gasteiger charge is 2.12. The van der Waals surface area contributed by atoms with Gasteiger partial charge in [-0.1, -0.05) is 0 Å². The standard InChI is InChI=1S/C10H12F2O3/c1-2-14-6-15-10-8(11)3-7(5-13)4-9(10)12/h3-4,13H,2,5-6H2,1H3. The van der Waals surface area contributed by atoms with Crippen molar-refractivity contribution in [3.8, 4) is 5.75 Å². The quantitative estimate of drug-likeness (QED) is 0.605. The van der Waals surface area contributed by atoms with Crippen molar-refractivity contribution in [2.24, 2.45) is 0 Å². The summed E-state index contributed by atoms with van der Waals surface area (Å²) in [4.78, 5) is 0. The summed E-state index contributed by atoms with van der Waals surface area (Å²) in [7, 11) is 0. The molecular formula is C10H12F2O3. The van der Waals surface area contributed by atoms with Crippen molar-refractivity contribution in [2.75, 3.05) is 13.4 Å². The van der Waals surface area contributed by atoms with Crippen molar-refractivity contribution in [3.05, 3.63) is 29.3 Å². The molecular weight excluding hydrogens is 206 g/mol. The fourth-order valence-corrected chi connectivity index (χ4v) is 1.03. The predicted octanol–water partition coefficient (Wildman–Crippen LogP) is 1.83. The number of ether oxygens (including phenoxy) is 2. The molecule has 0 unspecified atom stereocenters. The van der Waals surface area contributed by atoms with Crippen molar-refractivity contribution in [2.45, 2.75) is 13.5 Å². The molecule has 0 saturated heterocycles. The number of hydrogen-bond donors (Lipinski definition) is 1. The number of halogens is 2. The van der Waals surface area contributed by atoms with E-state index in [2.05, 4.69) is 0 Å². The first-order valence-electron chi connectivity index (χ1n) is 4.48. The van der Waals surface area contributed by atoms with Gasteiger partial charge >= 0.3 is 0 Å². The summed E-state index contributed by atoms with van der Waals surface area (Å²) >= 11 is 0. The van der Waals surface area contributed by atoms with Crippen molar-refractivity contribution >= 4 is 0 Å². The Labute approximate surface area is 86.2 Å². The molecule has 0 atom stereocenters. The highest BCUT2D eigenvalue weighted by molar-refractivity contribution is 5.30. The Morgan fingerprint density at radius 2 is 1.87 bits per heavy atom. The topological polar surface area (TPSA) is 38.7 Å². The molecule has 0 radical (unpaired) electrons. The van der Waals surface area contributed by atoms with E-state index in [-0.39, 0.29) is 12.4 Å². The molecule has 0 saturated carbocycles. The summed E-state index contributed by atoms with van der Waals surface area (Å²) in [5, 5.41) is 8.69. The van der Waals surface area contributed by atoms with Crippen LogP contribution in [0.2, 0.25) is 0 Å². The summed E-state index contributed by atoms with van der Waals surface area (Å²) in [6, 6.07) is 2.04. The fourth-order valence-electron chi connectivity index (χ4n) is 1.03. The lowest BCUT2D eigenvalue weighted by atomic mass is 10.2. The van der Waals surface area contributed by atoms with E-state index in [0.717, 1.165) is 12.1 Å².